The number of carboxylic acids is 1. The molecule has 0 saturated heterocycles. The number of carbonyl (C=O) groups is 2. The number of hydrogen-bond acceptors (Lipinski definition) is 4. The molecule has 0 aliphatic rings. The minimum absolute atomic E-state index is 0.172. The first-order chi connectivity index (χ1) is 8.92. The number of aliphatic hydroxyl groups is 2. The molecule has 1 aromatic rings. The van der Waals surface area contributed by atoms with E-state index in [4.69, 9.17) is 15.3 Å². The van der Waals surface area contributed by atoms with Gasteiger partial charge in [-0.15, -0.1) is 0 Å². The predicted molar refractivity (Wildman–Crippen MR) is 67.5 cm³/mol. The fourth-order valence-electron chi connectivity index (χ4n) is 1.35. The third kappa shape index (κ3) is 3.77. The number of aliphatic hydroxyl groups excluding tert-OH is 2. The molecule has 6 nitrogen and oxygen atoms in total. The quantitative estimate of drug-likeness (QED) is 0.580. The number of amides is 1. The molecule has 0 spiro atoms. The summed E-state index contributed by atoms with van der Waals surface area (Å²) in [7, 11) is 0. The highest BCUT2D eigenvalue weighted by Gasteiger charge is 2.31. The number of carbonyl (C=O) groups excluding carboxylic acids is 1. The Balaban J connectivity index is 2.62. The smallest absolute Gasteiger partial charge is 0.335 e. The summed E-state index contributed by atoms with van der Waals surface area (Å²) in [4.78, 5) is 22.4. The van der Waals surface area contributed by atoms with Gasteiger partial charge in [0.25, 0.3) is 0 Å². The molecule has 0 aliphatic heterocycles. The average Bonchev–Trinajstić information content (AvgIpc) is 2.44. The Labute approximate surface area is 110 Å². The molecule has 1 amide bonds. The van der Waals surface area contributed by atoms with Gasteiger partial charge < -0.3 is 20.6 Å². The van der Waals surface area contributed by atoms with Gasteiger partial charge in [-0.2, -0.15) is 0 Å². The molecule has 0 radical (unpaired) electrons. The first-order valence-electron chi connectivity index (χ1n) is 5.75. The Hall–Kier alpha value is -1.92. The fraction of sp³-hybridized carbons (Fsp3) is 0.385. The van der Waals surface area contributed by atoms with Crippen molar-refractivity contribution in [2.75, 3.05) is 13.2 Å². The SMILES string of the molecule is CC(CO)(CO)C(=O)NCc1ccc(C(=O)O)cc1. The van der Waals surface area contributed by atoms with Crippen LogP contribution in [-0.2, 0) is 11.3 Å². The summed E-state index contributed by atoms with van der Waals surface area (Å²) in [5, 5.41) is 29.5. The first kappa shape index (κ1) is 15.1. The maximum atomic E-state index is 11.8. The lowest BCUT2D eigenvalue weighted by molar-refractivity contribution is -0.135. The van der Waals surface area contributed by atoms with E-state index in [-0.39, 0.29) is 12.1 Å². The van der Waals surface area contributed by atoms with Crippen molar-refractivity contribution in [2.45, 2.75) is 13.5 Å². The van der Waals surface area contributed by atoms with Crippen LogP contribution in [0.15, 0.2) is 24.3 Å². The zero-order valence-corrected chi connectivity index (χ0v) is 10.6. The van der Waals surface area contributed by atoms with Gasteiger partial charge >= 0.3 is 5.97 Å². The van der Waals surface area contributed by atoms with E-state index >= 15 is 0 Å². The van der Waals surface area contributed by atoms with E-state index < -0.39 is 30.5 Å². The van der Waals surface area contributed by atoms with E-state index in [1.54, 1.807) is 12.1 Å². The normalized spacial score (nSPS) is 11.1. The van der Waals surface area contributed by atoms with Crippen LogP contribution in [0.1, 0.15) is 22.8 Å². The van der Waals surface area contributed by atoms with Crippen LogP contribution in [0.3, 0.4) is 0 Å². The Bertz CT molecular complexity index is 451. The monoisotopic (exact) mass is 267 g/mol. The third-order valence-corrected chi connectivity index (χ3v) is 2.90. The van der Waals surface area contributed by atoms with Crippen molar-refractivity contribution in [2.24, 2.45) is 5.41 Å². The predicted octanol–water partition coefficient (Wildman–Crippen LogP) is -0.00810. The molecule has 0 aliphatic carbocycles. The van der Waals surface area contributed by atoms with Crippen LogP contribution in [0, 0.1) is 5.41 Å². The lowest BCUT2D eigenvalue weighted by Crippen LogP contribution is -2.43. The summed E-state index contributed by atoms with van der Waals surface area (Å²) in [5.74, 6) is -1.47. The molecular formula is C13H17NO5. The van der Waals surface area contributed by atoms with Gasteiger partial charge in [0.15, 0.2) is 0 Å². The van der Waals surface area contributed by atoms with Crippen molar-refractivity contribution in [1.29, 1.82) is 0 Å². The molecule has 4 N–H and O–H groups in total. The molecule has 0 bridgehead atoms. The summed E-state index contributed by atoms with van der Waals surface area (Å²) in [6.45, 7) is 0.755. The molecule has 1 aromatic carbocycles. The largest absolute Gasteiger partial charge is 0.478 e. The van der Waals surface area contributed by atoms with Crippen molar-refractivity contribution in [3.8, 4) is 0 Å². The van der Waals surface area contributed by atoms with E-state index in [0.29, 0.717) is 0 Å². The van der Waals surface area contributed by atoms with Gasteiger partial charge in [0.1, 0.15) is 0 Å². The van der Waals surface area contributed by atoms with E-state index in [9.17, 15) is 9.59 Å². The summed E-state index contributed by atoms with van der Waals surface area (Å²) < 4.78 is 0. The van der Waals surface area contributed by atoms with Gasteiger partial charge in [0, 0.05) is 6.54 Å². The van der Waals surface area contributed by atoms with Crippen LogP contribution in [0.4, 0.5) is 0 Å². The molecule has 19 heavy (non-hydrogen) atoms. The van der Waals surface area contributed by atoms with Crippen molar-refractivity contribution in [3.05, 3.63) is 35.4 Å². The van der Waals surface area contributed by atoms with E-state index in [0.717, 1.165) is 5.56 Å². The Kier molecular flexibility index (Phi) is 5.02. The Morgan fingerprint density at radius 3 is 2.11 bits per heavy atom. The van der Waals surface area contributed by atoms with Gasteiger partial charge in [0.2, 0.25) is 5.91 Å². The second kappa shape index (κ2) is 6.31. The van der Waals surface area contributed by atoms with Crippen molar-refractivity contribution in [3.63, 3.8) is 0 Å². The van der Waals surface area contributed by atoms with Crippen LogP contribution in [0.5, 0.6) is 0 Å². The molecule has 0 fully saturated rings. The summed E-state index contributed by atoms with van der Waals surface area (Å²) >= 11 is 0. The highest BCUT2D eigenvalue weighted by Crippen LogP contribution is 2.14. The van der Waals surface area contributed by atoms with E-state index in [2.05, 4.69) is 5.32 Å². The molecule has 0 atom stereocenters. The topological polar surface area (TPSA) is 107 Å². The Morgan fingerprint density at radius 1 is 1.16 bits per heavy atom. The van der Waals surface area contributed by atoms with Gasteiger partial charge in [-0.05, 0) is 24.6 Å². The zero-order valence-electron chi connectivity index (χ0n) is 10.6. The minimum atomic E-state index is -1.22. The van der Waals surface area contributed by atoms with Crippen molar-refractivity contribution in [1.82, 2.24) is 5.32 Å². The van der Waals surface area contributed by atoms with Crippen molar-refractivity contribution >= 4 is 11.9 Å². The minimum Gasteiger partial charge on any atom is -0.478 e. The van der Waals surface area contributed by atoms with E-state index in [1.165, 1.54) is 19.1 Å². The number of carboxylic acid groups (broad SMARTS) is 1. The number of aromatic carboxylic acids is 1. The van der Waals surface area contributed by atoms with Crippen LogP contribution in [0.25, 0.3) is 0 Å². The molecule has 0 aromatic heterocycles. The van der Waals surface area contributed by atoms with E-state index in [1.807, 2.05) is 0 Å². The van der Waals surface area contributed by atoms with Crippen LogP contribution >= 0.6 is 0 Å². The summed E-state index contributed by atoms with van der Waals surface area (Å²) in [6.07, 6.45) is 0. The standard InChI is InChI=1S/C13H17NO5/c1-13(7-15,8-16)12(19)14-6-9-2-4-10(5-3-9)11(17)18/h2-5,15-16H,6-8H2,1H3,(H,14,19)(H,17,18). The lowest BCUT2D eigenvalue weighted by Gasteiger charge is -2.23. The molecule has 0 heterocycles. The van der Waals surface area contributed by atoms with Crippen LogP contribution in [0.2, 0.25) is 0 Å². The average molecular weight is 267 g/mol. The first-order valence-corrected chi connectivity index (χ1v) is 5.75. The fourth-order valence-corrected chi connectivity index (χ4v) is 1.35. The van der Waals surface area contributed by atoms with Gasteiger partial charge in [-0.1, -0.05) is 12.1 Å². The summed E-state index contributed by atoms with van der Waals surface area (Å²) in [6, 6.07) is 6.08. The third-order valence-electron chi connectivity index (χ3n) is 2.90. The van der Waals surface area contributed by atoms with Gasteiger partial charge in [0.05, 0.1) is 24.2 Å². The number of rotatable bonds is 6. The van der Waals surface area contributed by atoms with Gasteiger partial charge in [-0.3, -0.25) is 4.79 Å². The second-order valence-corrected chi connectivity index (χ2v) is 4.56. The zero-order chi connectivity index (χ0) is 14.5. The molecule has 1 rings (SSSR count). The number of hydrogen-bond donors (Lipinski definition) is 4. The maximum absolute atomic E-state index is 11.8. The van der Waals surface area contributed by atoms with Crippen LogP contribution < -0.4 is 5.32 Å². The second-order valence-electron chi connectivity index (χ2n) is 4.56. The number of nitrogens with one attached hydrogen (secondary N) is 1. The molecule has 104 valence electrons. The molecule has 6 heteroatoms. The highest BCUT2D eigenvalue weighted by atomic mass is 16.4. The Morgan fingerprint density at radius 2 is 1.68 bits per heavy atom. The lowest BCUT2D eigenvalue weighted by atomic mass is 9.92. The molecule has 0 unspecified atom stereocenters. The highest BCUT2D eigenvalue weighted by molar-refractivity contribution is 5.87. The molecule has 0 saturated carbocycles. The van der Waals surface area contributed by atoms with Gasteiger partial charge in [-0.25, -0.2) is 4.79 Å². The number of benzene rings is 1. The summed E-state index contributed by atoms with van der Waals surface area (Å²) in [5.41, 5.74) is -0.316. The molecular weight excluding hydrogens is 250 g/mol. The van der Waals surface area contributed by atoms with Crippen LogP contribution in [-0.4, -0.2) is 40.4 Å². The van der Waals surface area contributed by atoms with Crippen molar-refractivity contribution < 1.29 is 24.9 Å². The maximum Gasteiger partial charge on any atom is 0.335 e.